The maximum Gasteiger partial charge on any atom is 0.410 e. The minimum absolute atomic E-state index is 0.00931. The molecule has 23 heteroatoms. The number of amides is 3. The number of piperidine rings is 3. The lowest BCUT2D eigenvalue weighted by Crippen LogP contribution is -2.44. The van der Waals surface area contributed by atoms with Crippen molar-refractivity contribution in [2.24, 2.45) is 17.8 Å². The molecule has 3 saturated heterocycles. The molecule has 3 fully saturated rings. The van der Waals surface area contributed by atoms with Gasteiger partial charge in [0.15, 0.2) is 0 Å². The van der Waals surface area contributed by atoms with E-state index < -0.39 is 58.6 Å². The molecular formula is C77H97ClN6O16. The van der Waals surface area contributed by atoms with Crippen LogP contribution in [0.25, 0.3) is 44.9 Å². The second kappa shape index (κ2) is 38.3. The van der Waals surface area contributed by atoms with Gasteiger partial charge in [-0.1, -0.05) is 85.0 Å². The Morgan fingerprint density at radius 3 is 1.31 bits per heavy atom. The highest BCUT2D eigenvalue weighted by Gasteiger charge is 2.33. The van der Waals surface area contributed by atoms with Gasteiger partial charge in [0.2, 0.25) is 5.24 Å². The number of aliphatic hydroxyl groups is 1. The molecule has 3 aromatic carbocycles. The van der Waals surface area contributed by atoms with Crippen molar-refractivity contribution in [2.45, 2.75) is 155 Å². The van der Waals surface area contributed by atoms with E-state index in [1.54, 1.807) is 20.9 Å². The zero-order valence-electron chi connectivity index (χ0n) is 59.6. The van der Waals surface area contributed by atoms with Crippen molar-refractivity contribution >= 4 is 104 Å². The molecular weight excluding hydrogens is 1300 g/mol. The second-order valence-corrected chi connectivity index (χ2v) is 28.0. The summed E-state index contributed by atoms with van der Waals surface area (Å²) in [5.41, 5.74) is 4.11. The van der Waals surface area contributed by atoms with E-state index in [9.17, 15) is 43.5 Å². The van der Waals surface area contributed by atoms with Crippen LogP contribution in [-0.2, 0) is 57.1 Å². The number of methoxy groups -OCH3 is 3. The minimum Gasteiger partial charge on any atom is -0.469 e. The number of aromatic nitrogens is 3. The van der Waals surface area contributed by atoms with E-state index in [1.165, 1.54) is 21.3 Å². The Kier molecular flexibility index (Phi) is 30.6. The van der Waals surface area contributed by atoms with Crippen LogP contribution < -0.4 is 0 Å². The van der Waals surface area contributed by atoms with Crippen LogP contribution in [0.4, 0.5) is 14.4 Å². The van der Waals surface area contributed by atoms with E-state index in [1.807, 2.05) is 178 Å². The van der Waals surface area contributed by atoms with Gasteiger partial charge < -0.3 is 53.0 Å². The molecule has 100 heavy (non-hydrogen) atoms. The van der Waals surface area contributed by atoms with Crippen LogP contribution >= 0.6 is 11.6 Å². The fourth-order valence-corrected chi connectivity index (χ4v) is 11.1. The molecule has 0 radical (unpaired) electrons. The van der Waals surface area contributed by atoms with E-state index in [0.29, 0.717) is 58.0 Å². The first-order chi connectivity index (χ1) is 47.4. The Labute approximate surface area is 591 Å². The number of likely N-dealkylation sites (tertiary alicyclic amines) is 3. The molecule has 3 aromatic heterocycles. The predicted octanol–water partition coefficient (Wildman–Crippen LogP) is 14.0. The molecule has 3 unspecified atom stereocenters. The SMILES string of the molecule is CC(C)(C)OC(=O)N1CCC(C(O)/C=C\c2cnc3ccccc3c2)CC1.COC(=O)CC(/C=C/C1CCN(C(=O)OC(C)(C)C)CC1)c1cnc2ccccc2c1.COC(=O)CC(=O)Cl.COC(=O)CC(=O)OC(/C=C\c1cnc2ccccc2c1)C1CCN(C(=O)OC(C)(C)C)CC1. The van der Waals surface area contributed by atoms with Crippen LogP contribution in [0.15, 0.2) is 134 Å². The standard InChI is InChI=1S/C26H32N2O6.C25H32N2O4.C22H28N2O3.C4H5ClO3/c1-26(2,3)34-25(31)28-13-11-19(12-14-28)22(33-24(30)16-23(29)32-4)10-9-18-15-20-7-5-6-8-21(20)27-17-18;1-25(2,3)31-24(29)27-13-11-18(12-14-27)9-10-19(16-23(28)30-4)21-15-20-7-5-6-8-22(20)26-17-21;1-22(2,3)27-21(26)24-12-10-17(11-13-24)20(25)9-8-16-14-18-6-4-5-7-19(18)23-15-16;1-8-4(7)2-3(5)6/h5-10,15,17,19,22H,11-14,16H2,1-4H3;5-10,15,17-19H,11-14,16H2,1-4H3;4-9,14-15,17,20,25H,10-13H2,1-3H3;2H2,1H3/b10-9-;10-9+;9-8-;. The second-order valence-electron chi connectivity index (χ2n) is 27.6. The Morgan fingerprint density at radius 1 is 0.500 bits per heavy atom. The highest BCUT2D eigenvalue weighted by molar-refractivity contribution is 6.64. The third-order valence-electron chi connectivity index (χ3n) is 16.3. The maximum atomic E-state index is 12.4. The number of aliphatic hydroxyl groups excluding tert-OH is 1. The van der Waals surface area contributed by atoms with E-state index in [0.717, 1.165) is 75.1 Å². The summed E-state index contributed by atoms with van der Waals surface area (Å²) in [5, 5.41) is 13.0. The first-order valence-corrected chi connectivity index (χ1v) is 34.0. The van der Waals surface area contributed by atoms with E-state index >= 15 is 0 Å². The number of benzene rings is 3. The first-order valence-electron chi connectivity index (χ1n) is 33.7. The number of para-hydroxylation sites is 3. The van der Waals surface area contributed by atoms with Crippen LogP contribution in [0.1, 0.15) is 143 Å². The van der Waals surface area contributed by atoms with E-state index in [-0.39, 0.29) is 54.8 Å². The summed E-state index contributed by atoms with van der Waals surface area (Å²) in [6, 6.07) is 29.9. The normalized spacial score (nSPS) is 15.8. The summed E-state index contributed by atoms with van der Waals surface area (Å²) in [7, 11) is 3.84. The van der Waals surface area contributed by atoms with Gasteiger partial charge in [-0.15, -0.1) is 0 Å². The molecule has 0 bridgehead atoms. The Balaban J connectivity index is 0.000000225. The molecule has 0 aliphatic carbocycles. The van der Waals surface area contributed by atoms with Gasteiger partial charge in [0.1, 0.15) is 35.7 Å². The van der Waals surface area contributed by atoms with Gasteiger partial charge in [-0.3, -0.25) is 38.9 Å². The highest BCUT2D eigenvalue weighted by Crippen LogP contribution is 2.30. The largest absolute Gasteiger partial charge is 0.469 e. The van der Waals surface area contributed by atoms with Crippen molar-refractivity contribution in [3.63, 3.8) is 0 Å². The number of pyridine rings is 3. The third kappa shape index (κ3) is 27.8. The predicted molar refractivity (Wildman–Crippen MR) is 383 cm³/mol. The number of carbonyl (C=O) groups excluding carboxylic acids is 8. The fourth-order valence-electron chi connectivity index (χ4n) is 11.0. The van der Waals surface area contributed by atoms with Gasteiger partial charge in [0, 0.05) is 85.9 Å². The number of esters is 4. The van der Waals surface area contributed by atoms with Crippen molar-refractivity contribution < 1.29 is 76.6 Å². The Hall–Kier alpha value is -9.28. The first kappa shape index (κ1) is 79.7. The third-order valence-corrected chi connectivity index (χ3v) is 16.4. The summed E-state index contributed by atoms with van der Waals surface area (Å²) < 4.78 is 35.6. The Morgan fingerprint density at radius 2 is 0.890 bits per heavy atom. The highest BCUT2D eigenvalue weighted by atomic mass is 35.5. The number of fused-ring (bicyclic) bond motifs is 3. The number of allylic oxidation sites excluding steroid dienone is 2. The molecule has 6 heterocycles. The number of halogens is 1. The van der Waals surface area contributed by atoms with Crippen LogP contribution in [0.5, 0.6) is 0 Å². The zero-order valence-corrected chi connectivity index (χ0v) is 60.3. The average Bonchev–Trinajstić information content (AvgIpc) is 0.873. The number of carbonyl (C=O) groups is 8. The minimum atomic E-state index is -0.697. The lowest BCUT2D eigenvalue weighted by molar-refractivity contribution is -0.157. The average molecular weight is 1400 g/mol. The molecule has 538 valence electrons. The molecule has 1 N–H and O–H groups in total. The molecule has 6 aromatic rings. The number of hydrogen-bond acceptors (Lipinski definition) is 19. The van der Waals surface area contributed by atoms with E-state index in [2.05, 4.69) is 48.7 Å². The van der Waals surface area contributed by atoms with Crippen molar-refractivity contribution in [3.05, 3.63) is 151 Å². The Bertz CT molecular complexity index is 3810. The van der Waals surface area contributed by atoms with E-state index in [4.69, 9.17) is 35.3 Å². The van der Waals surface area contributed by atoms with Gasteiger partial charge in [0.25, 0.3) is 0 Å². The topological polar surface area (TPSA) is 270 Å². The molecule has 9 rings (SSSR count). The van der Waals surface area contributed by atoms with Crippen molar-refractivity contribution in [1.29, 1.82) is 0 Å². The lowest BCUT2D eigenvalue weighted by Gasteiger charge is -2.35. The molecule has 3 aliphatic rings. The maximum absolute atomic E-state index is 12.4. The number of ether oxygens (including phenoxy) is 7. The summed E-state index contributed by atoms with van der Waals surface area (Å²) in [4.78, 5) is 111. The van der Waals surface area contributed by atoms with Crippen LogP contribution in [-0.4, -0.2) is 172 Å². The smallest absolute Gasteiger partial charge is 0.410 e. The number of nitrogens with zero attached hydrogens (tertiary/aromatic N) is 6. The lowest BCUT2D eigenvalue weighted by atomic mass is 9.90. The van der Waals surface area contributed by atoms with Gasteiger partial charge >= 0.3 is 42.2 Å². The summed E-state index contributed by atoms with van der Waals surface area (Å²) in [5.74, 6) is -1.76. The summed E-state index contributed by atoms with van der Waals surface area (Å²) in [6.07, 6.45) is 19.2. The van der Waals surface area contributed by atoms with Gasteiger partial charge in [0.05, 0.1) is 50.4 Å². The van der Waals surface area contributed by atoms with Gasteiger partial charge in [-0.05, 0) is 183 Å². The molecule has 0 spiro atoms. The zero-order chi connectivity index (χ0) is 73.2. The fraction of sp³-hybridized carbons (Fsp3) is 0.468. The molecule has 0 saturated carbocycles. The molecule has 22 nitrogen and oxygen atoms in total. The van der Waals surface area contributed by atoms with Crippen molar-refractivity contribution in [3.8, 4) is 0 Å². The number of hydrogen-bond donors (Lipinski definition) is 1. The van der Waals surface area contributed by atoms with Crippen LogP contribution in [0.3, 0.4) is 0 Å². The number of rotatable bonds is 16. The summed E-state index contributed by atoms with van der Waals surface area (Å²) >= 11 is 4.81. The quantitative estimate of drug-likeness (QED) is 0.0310. The monoisotopic (exact) mass is 1400 g/mol. The van der Waals surface area contributed by atoms with Gasteiger partial charge in [-0.2, -0.15) is 0 Å². The molecule has 3 atom stereocenters. The van der Waals surface area contributed by atoms with Gasteiger partial charge in [-0.25, -0.2) is 14.4 Å². The van der Waals surface area contributed by atoms with Crippen molar-refractivity contribution in [2.75, 3.05) is 60.6 Å². The molecule has 3 amide bonds. The van der Waals surface area contributed by atoms with Crippen LogP contribution in [0.2, 0.25) is 0 Å². The summed E-state index contributed by atoms with van der Waals surface area (Å²) in [6.45, 7) is 20.3. The van der Waals surface area contributed by atoms with Crippen molar-refractivity contribution in [1.82, 2.24) is 29.7 Å². The van der Waals surface area contributed by atoms with Crippen LogP contribution in [0, 0.1) is 17.8 Å². The molecule has 3 aliphatic heterocycles.